The van der Waals surface area contributed by atoms with Crippen molar-refractivity contribution in [2.75, 3.05) is 0 Å². The van der Waals surface area contributed by atoms with Gasteiger partial charge in [0, 0.05) is 0 Å². The molecule has 2 heteroatoms. The first-order chi connectivity index (χ1) is 13.7. The van der Waals surface area contributed by atoms with Crippen LogP contribution in [0.25, 0.3) is 0 Å². The first-order valence-corrected chi connectivity index (χ1v) is 11.4. The van der Waals surface area contributed by atoms with E-state index in [1.54, 1.807) is 12.2 Å². The highest BCUT2D eigenvalue weighted by molar-refractivity contribution is 5.10. The number of allylic oxidation sites excluding steroid dienone is 8. The molecule has 0 amide bonds. The van der Waals surface area contributed by atoms with E-state index in [9.17, 15) is 10.2 Å². The zero-order valence-corrected chi connectivity index (χ0v) is 19.6. The van der Waals surface area contributed by atoms with Crippen LogP contribution in [-0.4, -0.2) is 22.4 Å². The third kappa shape index (κ3) is 10.8. The van der Waals surface area contributed by atoms with Gasteiger partial charge in [0.05, 0.1) is 12.2 Å². The summed E-state index contributed by atoms with van der Waals surface area (Å²) < 4.78 is 0. The van der Waals surface area contributed by atoms with Crippen LogP contribution in [0.15, 0.2) is 58.7 Å². The van der Waals surface area contributed by atoms with Crippen molar-refractivity contribution in [1.82, 2.24) is 0 Å². The van der Waals surface area contributed by atoms with E-state index in [0.717, 1.165) is 38.5 Å². The Morgan fingerprint density at radius 2 is 1.14 bits per heavy atom. The minimum absolute atomic E-state index is 0.0970. The third-order valence-corrected chi connectivity index (χ3v) is 6.05. The summed E-state index contributed by atoms with van der Waals surface area (Å²) in [4.78, 5) is 0. The number of hydrogen-bond acceptors (Lipinski definition) is 2. The Bertz CT molecular complexity index is 629. The molecule has 4 unspecified atom stereocenters. The molecule has 0 aromatic heterocycles. The van der Waals surface area contributed by atoms with Crippen LogP contribution in [0, 0.1) is 11.8 Å². The van der Waals surface area contributed by atoms with Crippen LogP contribution in [-0.2, 0) is 0 Å². The zero-order valence-electron chi connectivity index (χ0n) is 19.6. The molecular weight excluding hydrogens is 356 g/mol. The first-order valence-electron chi connectivity index (χ1n) is 11.4. The molecule has 0 aromatic rings. The Kier molecular flexibility index (Phi) is 12.2. The fourth-order valence-electron chi connectivity index (χ4n) is 3.79. The van der Waals surface area contributed by atoms with Crippen LogP contribution in [0.5, 0.6) is 0 Å². The molecule has 0 saturated carbocycles. The Hall–Kier alpha value is -1.38. The van der Waals surface area contributed by atoms with Crippen molar-refractivity contribution in [1.29, 1.82) is 0 Å². The predicted octanol–water partition coefficient (Wildman–Crippen LogP) is 7.07. The normalized spacial score (nSPS) is 26.0. The second-order valence-electron chi connectivity index (χ2n) is 9.17. The lowest BCUT2D eigenvalue weighted by atomic mass is 9.78. The van der Waals surface area contributed by atoms with Gasteiger partial charge >= 0.3 is 0 Å². The van der Waals surface area contributed by atoms with E-state index in [4.69, 9.17) is 0 Å². The fourth-order valence-corrected chi connectivity index (χ4v) is 3.79. The van der Waals surface area contributed by atoms with Crippen molar-refractivity contribution in [3.8, 4) is 0 Å². The Labute approximate surface area is 179 Å². The van der Waals surface area contributed by atoms with E-state index in [1.165, 1.54) is 28.7 Å². The maximum atomic E-state index is 10.2. The van der Waals surface area contributed by atoms with Crippen LogP contribution in [0.4, 0.5) is 0 Å². The van der Waals surface area contributed by atoms with Gasteiger partial charge < -0.3 is 10.2 Å². The average Bonchev–Trinajstić information content (AvgIpc) is 2.64. The molecule has 0 bridgehead atoms. The van der Waals surface area contributed by atoms with Gasteiger partial charge in [-0.25, -0.2) is 0 Å². The monoisotopic (exact) mass is 400 g/mol. The number of aliphatic hydroxyl groups excluding tert-OH is 2. The lowest BCUT2D eigenvalue weighted by Crippen LogP contribution is -2.35. The van der Waals surface area contributed by atoms with Crippen LogP contribution in [0.2, 0.25) is 0 Å². The van der Waals surface area contributed by atoms with E-state index in [0.29, 0.717) is 0 Å². The van der Waals surface area contributed by atoms with Crippen LogP contribution in [0.1, 0.15) is 86.5 Å². The molecule has 164 valence electrons. The van der Waals surface area contributed by atoms with Crippen molar-refractivity contribution in [3.05, 3.63) is 58.7 Å². The van der Waals surface area contributed by atoms with Crippen molar-refractivity contribution < 1.29 is 10.2 Å². The second-order valence-corrected chi connectivity index (χ2v) is 9.17. The molecular formula is C27H44O2. The summed E-state index contributed by atoms with van der Waals surface area (Å²) in [5, 5.41) is 20.1. The van der Waals surface area contributed by atoms with Gasteiger partial charge in [-0.1, -0.05) is 65.7 Å². The van der Waals surface area contributed by atoms with E-state index < -0.39 is 12.2 Å². The Balaban J connectivity index is 2.33. The van der Waals surface area contributed by atoms with E-state index in [2.05, 4.69) is 58.9 Å². The standard InChI is InChI=1S/C27H44O2/c1-20(2)10-7-11-21(3)12-8-13-22(4)14-9-15-23(5)16-17-25-24(6)26(28)18-19-27(25)29/h10,12,14,16,18-19,24-29H,7-9,11,13,15,17H2,1-6H3/b21-12+,22-14+,23-16+. The SMILES string of the molecule is CC(C)=CCC/C(C)=C/CC/C(C)=C/CC/C(C)=C/CC1C(O)C=CC(O)C1C. The lowest BCUT2D eigenvalue weighted by molar-refractivity contribution is 0.0432. The smallest absolute Gasteiger partial charge is 0.0756 e. The van der Waals surface area contributed by atoms with Gasteiger partial charge in [0.2, 0.25) is 0 Å². The van der Waals surface area contributed by atoms with Crippen molar-refractivity contribution in [2.45, 2.75) is 98.7 Å². The molecule has 1 aliphatic carbocycles. The minimum atomic E-state index is -0.446. The molecule has 0 spiro atoms. The van der Waals surface area contributed by atoms with Gasteiger partial charge in [0.1, 0.15) is 0 Å². The van der Waals surface area contributed by atoms with Crippen LogP contribution < -0.4 is 0 Å². The van der Waals surface area contributed by atoms with Crippen molar-refractivity contribution in [3.63, 3.8) is 0 Å². The summed E-state index contributed by atoms with van der Waals surface area (Å²) in [5.74, 6) is 0.203. The van der Waals surface area contributed by atoms with Crippen LogP contribution >= 0.6 is 0 Å². The molecule has 0 heterocycles. The minimum Gasteiger partial charge on any atom is -0.389 e. The Morgan fingerprint density at radius 3 is 1.66 bits per heavy atom. The van der Waals surface area contributed by atoms with Gasteiger partial charge in [-0.2, -0.15) is 0 Å². The maximum absolute atomic E-state index is 10.2. The first kappa shape index (κ1) is 25.7. The van der Waals surface area contributed by atoms with E-state index in [1.807, 2.05) is 6.92 Å². The van der Waals surface area contributed by atoms with Gasteiger partial charge in [-0.05, 0) is 91.4 Å². The molecule has 29 heavy (non-hydrogen) atoms. The molecule has 1 aliphatic rings. The molecule has 0 saturated heterocycles. The molecule has 0 radical (unpaired) electrons. The summed E-state index contributed by atoms with van der Waals surface area (Å²) in [7, 11) is 0. The summed E-state index contributed by atoms with van der Waals surface area (Å²) in [5.41, 5.74) is 5.73. The quantitative estimate of drug-likeness (QED) is 0.364. The highest BCUT2D eigenvalue weighted by Crippen LogP contribution is 2.29. The fraction of sp³-hybridized carbons (Fsp3) is 0.630. The van der Waals surface area contributed by atoms with E-state index >= 15 is 0 Å². The average molecular weight is 401 g/mol. The molecule has 4 atom stereocenters. The third-order valence-electron chi connectivity index (χ3n) is 6.05. The molecule has 0 aliphatic heterocycles. The maximum Gasteiger partial charge on any atom is 0.0756 e. The zero-order chi connectivity index (χ0) is 21.8. The number of hydrogen-bond donors (Lipinski definition) is 2. The predicted molar refractivity (Wildman–Crippen MR) is 127 cm³/mol. The van der Waals surface area contributed by atoms with E-state index in [-0.39, 0.29) is 11.8 Å². The molecule has 0 fully saturated rings. The highest BCUT2D eigenvalue weighted by Gasteiger charge is 2.30. The molecule has 1 rings (SSSR count). The highest BCUT2D eigenvalue weighted by atomic mass is 16.3. The lowest BCUT2D eigenvalue weighted by Gasteiger charge is -2.32. The van der Waals surface area contributed by atoms with Crippen molar-refractivity contribution in [2.24, 2.45) is 11.8 Å². The number of aliphatic hydroxyl groups is 2. The number of rotatable bonds is 11. The molecule has 2 nitrogen and oxygen atoms in total. The van der Waals surface area contributed by atoms with Gasteiger partial charge in [-0.3, -0.25) is 0 Å². The topological polar surface area (TPSA) is 40.5 Å². The van der Waals surface area contributed by atoms with Gasteiger partial charge in [0.25, 0.3) is 0 Å². The molecule has 2 N–H and O–H groups in total. The van der Waals surface area contributed by atoms with Gasteiger partial charge in [0.15, 0.2) is 0 Å². The molecule has 0 aromatic carbocycles. The summed E-state index contributed by atoms with van der Waals surface area (Å²) in [6, 6.07) is 0. The second kappa shape index (κ2) is 13.8. The van der Waals surface area contributed by atoms with Crippen molar-refractivity contribution >= 4 is 0 Å². The van der Waals surface area contributed by atoms with Gasteiger partial charge in [-0.15, -0.1) is 0 Å². The summed E-state index contributed by atoms with van der Waals surface area (Å²) in [6.07, 6.45) is 19.4. The van der Waals surface area contributed by atoms with Crippen LogP contribution in [0.3, 0.4) is 0 Å². The summed E-state index contributed by atoms with van der Waals surface area (Å²) >= 11 is 0. The Morgan fingerprint density at radius 1 is 0.690 bits per heavy atom. The summed E-state index contributed by atoms with van der Waals surface area (Å²) in [6.45, 7) is 13.0. The largest absolute Gasteiger partial charge is 0.389 e.